The highest BCUT2D eigenvalue weighted by Crippen LogP contribution is 2.28. The molecule has 0 bridgehead atoms. The number of likely N-dealkylation sites (tertiary alicyclic amines) is 1. The van der Waals surface area contributed by atoms with Gasteiger partial charge in [-0.3, -0.25) is 9.69 Å². The molecule has 28 heavy (non-hydrogen) atoms. The molecule has 2 fully saturated rings. The van der Waals surface area contributed by atoms with Gasteiger partial charge in [-0.1, -0.05) is 49.6 Å². The normalized spacial score (nSPS) is 21.8. The third kappa shape index (κ3) is 5.47. The van der Waals surface area contributed by atoms with Crippen LogP contribution in [0.25, 0.3) is 0 Å². The highest BCUT2D eigenvalue weighted by atomic mass is 16.2. The van der Waals surface area contributed by atoms with Crippen LogP contribution in [0.5, 0.6) is 0 Å². The predicted molar refractivity (Wildman–Crippen MR) is 111 cm³/mol. The first-order valence-corrected chi connectivity index (χ1v) is 10.7. The van der Waals surface area contributed by atoms with Crippen LogP contribution >= 0.6 is 0 Å². The lowest BCUT2D eigenvalue weighted by atomic mass is 9.81. The maximum absolute atomic E-state index is 12.4. The molecular weight excluding hydrogens is 352 g/mol. The van der Waals surface area contributed by atoms with Crippen molar-refractivity contribution in [2.24, 2.45) is 5.92 Å². The highest BCUT2D eigenvalue weighted by molar-refractivity contribution is 5.91. The number of rotatable bonds is 7. The van der Waals surface area contributed by atoms with Crippen molar-refractivity contribution in [1.82, 2.24) is 20.9 Å². The van der Waals surface area contributed by atoms with Crippen molar-refractivity contribution in [2.45, 2.75) is 57.0 Å². The van der Waals surface area contributed by atoms with E-state index >= 15 is 0 Å². The van der Waals surface area contributed by atoms with Crippen LogP contribution in [-0.2, 0) is 11.3 Å². The fraction of sp³-hybridized carbons (Fsp3) is 0.636. The lowest BCUT2D eigenvalue weighted by Gasteiger charge is -2.36. The van der Waals surface area contributed by atoms with E-state index in [9.17, 15) is 9.59 Å². The quantitative estimate of drug-likeness (QED) is 0.674. The molecule has 1 atom stereocenters. The predicted octanol–water partition coefficient (Wildman–Crippen LogP) is 2.65. The molecule has 0 aromatic heterocycles. The van der Waals surface area contributed by atoms with Crippen LogP contribution in [-0.4, -0.2) is 49.1 Å². The Morgan fingerprint density at radius 1 is 1.14 bits per heavy atom. The van der Waals surface area contributed by atoms with Crippen molar-refractivity contribution in [3.8, 4) is 0 Å². The molecule has 1 heterocycles. The molecule has 3 amide bonds. The fourth-order valence-electron chi connectivity index (χ4n) is 4.59. The zero-order valence-electron chi connectivity index (χ0n) is 17.0. The van der Waals surface area contributed by atoms with E-state index in [4.69, 9.17) is 0 Å². The first-order valence-electron chi connectivity index (χ1n) is 10.7. The molecule has 0 radical (unpaired) electrons. The summed E-state index contributed by atoms with van der Waals surface area (Å²) in [4.78, 5) is 27.2. The molecule has 6 nitrogen and oxygen atoms in total. The van der Waals surface area contributed by atoms with Crippen LogP contribution in [0.3, 0.4) is 0 Å². The summed E-state index contributed by atoms with van der Waals surface area (Å²) in [5, 5.41) is 8.67. The number of hydrogen-bond acceptors (Lipinski definition) is 3. The molecule has 3 rings (SSSR count). The first-order chi connectivity index (χ1) is 13.6. The fourth-order valence-corrected chi connectivity index (χ4v) is 4.59. The summed E-state index contributed by atoms with van der Waals surface area (Å²) in [6.07, 6.45) is 6.68. The molecule has 1 aromatic rings. The third-order valence-corrected chi connectivity index (χ3v) is 6.18. The molecule has 6 heteroatoms. The second kappa shape index (κ2) is 9.92. The maximum atomic E-state index is 12.4. The van der Waals surface area contributed by atoms with Crippen LogP contribution in [0.2, 0.25) is 0 Å². The van der Waals surface area contributed by atoms with Crippen LogP contribution in [0.15, 0.2) is 30.3 Å². The molecule has 1 saturated heterocycles. The van der Waals surface area contributed by atoms with Gasteiger partial charge < -0.3 is 16.0 Å². The van der Waals surface area contributed by atoms with Crippen molar-refractivity contribution in [3.05, 3.63) is 35.9 Å². The standard InChI is InChI=1S/C22H34N4O2/c1-23-20(27)22(12-6-3-7-13-22)25-21(28)24-14-10-19-11-15-26(17-19)16-18-8-4-2-5-9-18/h2,4-5,8-9,19H,3,6-7,10-17H2,1H3,(H,23,27)(H2,24,25,28)/t19-/m1/s1. The van der Waals surface area contributed by atoms with E-state index in [1.807, 2.05) is 0 Å². The molecular formula is C22H34N4O2. The molecule has 1 aromatic carbocycles. The molecule has 154 valence electrons. The van der Waals surface area contributed by atoms with E-state index in [1.165, 1.54) is 12.0 Å². The number of likely N-dealkylation sites (N-methyl/N-ethyl adjacent to an activating group) is 1. The molecule has 1 aliphatic carbocycles. The van der Waals surface area contributed by atoms with Gasteiger partial charge in [0.15, 0.2) is 0 Å². The van der Waals surface area contributed by atoms with Gasteiger partial charge in [-0.15, -0.1) is 0 Å². The number of hydrogen-bond donors (Lipinski definition) is 3. The maximum Gasteiger partial charge on any atom is 0.315 e. The zero-order valence-corrected chi connectivity index (χ0v) is 17.0. The minimum Gasteiger partial charge on any atom is -0.357 e. The van der Waals surface area contributed by atoms with E-state index in [2.05, 4.69) is 51.2 Å². The summed E-state index contributed by atoms with van der Waals surface area (Å²) in [6, 6.07) is 10.4. The minimum absolute atomic E-state index is 0.0744. The lowest BCUT2D eigenvalue weighted by Crippen LogP contribution is -2.61. The largest absolute Gasteiger partial charge is 0.357 e. The van der Waals surface area contributed by atoms with E-state index in [0.29, 0.717) is 12.5 Å². The Morgan fingerprint density at radius 2 is 1.89 bits per heavy atom. The Labute approximate surface area is 168 Å². The number of benzene rings is 1. The van der Waals surface area contributed by atoms with Crippen molar-refractivity contribution >= 4 is 11.9 Å². The molecule has 0 unspecified atom stereocenters. The van der Waals surface area contributed by atoms with Crippen LogP contribution in [0.4, 0.5) is 4.79 Å². The Hall–Kier alpha value is -2.08. The second-order valence-corrected chi connectivity index (χ2v) is 8.27. The molecule has 0 spiro atoms. The van der Waals surface area contributed by atoms with Crippen LogP contribution in [0.1, 0.15) is 50.5 Å². The number of nitrogens with zero attached hydrogens (tertiary/aromatic N) is 1. The van der Waals surface area contributed by atoms with Crippen molar-refractivity contribution in [1.29, 1.82) is 0 Å². The average Bonchev–Trinajstić information content (AvgIpc) is 3.16. The summed E-state index contributed by atoms with van der Waals surface area (Å²) in [5.74, 6) is 0.543. The van der Waals surface area contributed by atoms with Gasteiger partial charge in [0, 0.05) is 26.7 Å². The number of carbonyl (C=O) groups is 2. The van der Waals surface area contributed by atoms with Crippen molar-refractivity contribution in [3.63, 3.8) is 0 Å². The van der Waals surface area contributed by atoms with Gasteiger partial charge >= 0.3 is 6.03 Å². The van der Waals surface area contributed by atoms with Crippen molar-refractivity contribution < 1.29 is 9.59 Å². The monoisotopic (exact) mass is 386 g/mol. The summed E-state index contributed by atoms with van der Waals surface area (Å²) in [5.41, 5.74) is 0.615. The van der Waals surface area contributed by atoms with Gasteiger partial charge in [-0.05, 0) is 43.7 Å². The molecule has 1 saturated carbocycles. The Balaban J connectivity index is 1.38. The number of carbonyl (C=O) groups excluding carboxylic acids is 2. The van der Waals surface area contributed by atoms with E-state index in [-0.39, 0.29) is 11.9 Å². The molecule has 2 aliphatic rings. The van der Waals surface area contributed by atoms with Gasteiger partial charge in [-0.2, -0.15) is 0 Å². The summed E-state index contributed by atoms with van der Waals surface area (Å²) < 4.78 is 0. The first kappa shape index (κ1) is 20.6. The van der Waals surface area contributed by atoms with E-state index in [0.717, 1.165) is 58.2 Å². The minimum atomic E-state index is -0.739. The van der Waals surface area contributed by atoms with Gasteiger partial charge in [0.05, 0.1) is 0 Å². The number of nitrogens with one attached hydrogen (secondary N) is 3. The summed E-state index contributed by atoms with van der Waals surface area (Å²) in [6.45, 7) is 3.85. The Kier molecular flexibility index (Phi) is 7.31. The lowest BCUT2D eigenvalue weighted by molar-refractivity contribution is -0.128. The van der Waals surface area contributed by atoms with Crippen molar-refractivity contribution in [2.75, 3.05) is 26.7 Å². The second-order valence-electron chi connectivity index (χ2n) is 8.27. The summed E-state index contributed by atoms with van der Waals surface area (Å²) in [7, 11) is 1.64. The van der Waals surface area contributed by atoms with Crippen LogP contribution in [0, 0.1) is 5.92 Å². The van der Waals surface area contributed by atoms with Gasteiger partial charge in [0.1, 0.15) is 5.54 Å². The number of amides is 3. The topological polar surface area (TPSA) is 73.5 Å². The Bertz CT molecular complexity index is 643. The van der Waals surface area contributed by atoms with E-state index in [1.54, 1.807) is 7.05 Å². The molecule has 1 aliphatic heterocycles. The average molecular weight is 387 g/mol. The molecule has 3 N–H and O–H groups in total. The highest BCUT2D eigenvalue weighted by Gasteiger charge is 2.40. The van der Waals surface area contributed by atoms with Gasteiger partial charge in [0.2, 0.25) is 5.91 Å². The third-order valence-electron chi connectivity index (χ3n) is 6.18. The van der Waals surface area contributed by atoms with E-state index < -0.39 is 5.54 Å². The van der Waals surface area contributed by atoms with Crippen LogP contribution < -0.4 is 16.0 Å². The summed E-state index contributed by atoms with van der Waals surface area (Å²) >= 11 is 0. The SMILES string of the molecule is CNC(=O)C1(NC(=O)NCC[C@@H]2CCN(Cc3ccccc3)C2)CCCCC1. The van der Waals surface area contributed by atoms with Gasteiger partial charge in [0.25, 0.3) is 0 Å². The smallest absolute Gasteiger partial charge is 0.315 e. The van der Waals surface area contributed by atoms with Gasteiger partial charge in [-0.25, -0.2) is 4.79 Å². The zero-order chi connectivity index (χ0) is 19.8. The number of urea groups is 1. The Morgan fingerprint density at radius 3 is 2.61 bits per heavy atom.